The summed E-state index contributed by atoms with van der Waals surface area (Å²) < 4.78 is 0. The predicted molar refractivity (Wildman–Crippen MR) is 91.1 cm³/mol. The Kier molecular flexibility index (Phi) is 5.18. The molecule has 0 bridgehead atoms. The van der Waals surface area contributed by atoms with E-state index in [0.29, 0.717) is 18.6 Å². The van der Waals surface area contributed by atoms with Crippen LogP contribution >= 0.6 is 0 Å². The van der Waals surface area contributed by atoms with Gasteiger partial charge >= 0.3 is 0 Å². The van der Waals surface area contributed by atoms with E-state index in [1.54, 1.807) is 0 Å². The van der Waals surface area contributed by atoms with Crippen molar-refractivity contribution in [1.82, 2.24) is 15.0 Å². The standard InChI is InChI=1S/C18H24N4O/c1-13-20-11-16(12-21-13)15-5-7-19-18(10-15)22-17-4-2-3-14(9-17)6-8-23/h5,7,10-12,14,17,23H,2-4,6,8-9H2,1H3,(H,19,22). The molecule has 5 nitrogen and oxygen atoms in total. The fraction of sp³-hybridized carbons (Fsp3) is 0.500. The number of hydrogen-bond acceptors (Lipinski definition) is 5. The molecule has 2 unspecified atom stereocenters. The first-order valence-electron chi connectivity index (χ1n) is 8.37. The molecule has 2 heterocycles. The average molecular weight is 312 g/mol. The summed E-state index contributed by atoms with van der Waals surface area (Å²) in [5, 5.41) is 12.7. The summed E-state index contributed by atoms with van der Waals surface area (Å²) in [7, 11) is 0. The van der Waals surface area contributed by atoms with Crippen LogP contribution in [0.25, 0.3) is 11.1 Å². The van der Waals surface area contributed by atoms with E-state index < -0.39 is 0 Å². The zero-order valence-electron chi connectivity index (χ0n) is 13.6. The van der Waals surface area contributed by atoms with E-state index in [2.05, 4.69) is 26.3 Å². The first-order chi connectivity index (χ1) is 11.2. The molecule has 2 N–H and O–H groups in total. The van der Waals surface area contributed by atoms with Crippen LogP contribution in [-0.2, 0) is 0 Å². The quantitative estimate of drug-likeness (QED) is 0.887. The Morgan fingerprint density at radius 2 is 2.00 bits per heavy atom. The SMILES string of the molecule is Cc1ncc(-c2ccnc(NC3CCCC(CCO)C3)c2)cn1. The molecule has 2 aromatic rings. The number of nitrogens with one attached hydrogen (secondary N) is 1. The fourth-order valence-corrected chi connectivity index (χ4v) is 3.31. The van der Waals surface area contributed by atoms with E-state index in [1.165, 1.54) is 19.3 Å². The van der Waals surface area contributed by atoms with E-state index in [1.807, 2.05) is 31.6 Å². The van der Waals surface area contributed by atoms with Crippen molar-refractivity contribution in [2.24, 2.45) is 5.92 Å². The molecule has 0 amide bonds. The van der Waals surface area contributed by atoms with Crippen LogP contribution < -0.4 is 5.32 Å². The third-order valence-corrected chi connectivity index (χ3v) is 4.55. The molecule has 0 radical (unpaired) electrons. The molecule has 0 aromatic carbocycles. The number of pyridine rings is 1. The summed E-state index contributed by atoms with van der Waals surface area (Å²) >= 11 is 0. The Morgan fingerprint density at radius 1 is 1.17 bits per heavy atom. The number of hydrogen-bond donors (Lipinski definition) is 2. The van der Waals surface area contributed by atoms with Gasteiger partial charge in [0.05, 0.1) is 0 Å². The number of aliphatic hydroxyl groups excluding tert-OH is 1. The minimum atomic E-state index is 0.290. The highest BCUT2D eigenvalue weighted by molar-refractivity contribution is 5.64. The van der Waals surface area contributed by atoms with Crippen molar-refractivity contribution in [3.8, 4) is 11.1 Å². The molecule has 122 valence electrons. The van der Waals surface area contributed by atoms with Gasteiger partial charge in [-0.15, -0.1) is 0 Å². The maximum absolute atomic E-state index is 9.13. The Bertz CT molecular complexity index is 627. The molecule has 3 rings (SSSR count). The molecular formula is C18H24N4O. The zero-order chi connectivity index (χ0) is 16.1. The first kappa shape index (κ1) is 15.9. The van der Waals surface area contributed by atoms with Gasteiger partial charge in [-0.1, -0.05) is 12.8 Å². The minimum Gasteiger partial charge on any atom is -0.396 e. The Hall–Kier alpha value is -2.01. The Balaban J connectivity index is 1.69. The summed E-state index contributed by atoms with van der Waals surface area (Å²) in [6.45, 7) is 2.17. The van der Waals surface area contributed by atoms with Gasteiger partial charge in [0.1, 0.15) is 11.6 Å². The van der Waals surface area contributed by atoms with Crippen molar-refractivity contribution in [3.05, 3.63) is 36.5 Å². The van der Waals surface area contributed by atoms with Gasteiger partial charge in [0.15, 0.2) is 0 Å². The van der Waals surface area contributed by atoms with Crippen LogP contribution in [0.4, 0.5) is 5.82 Å². The maximum Gasteiger partial charge on any atom is 0.126 e. The number of nitrogens with zero attached hydrogens (tertiary/aromatic N) is 3. The zero-order valence-corrected chi connectivity index (χ0v) is 13.6. The molecule has 0 aliphatic heterocycles. The number of aromatic nitrogens is 3. The third kappa shape index (κ3) is 4.26. The first-order valence-corrected chi connectivity index (χ1v) is 8.37. The molecule has 0 saturated heterocycles. The van der Waals surface area contributed by atoms with Crippen molar-refractivity contribution in [2.45, 2.75) is 45.1 Å². The molecule has 0 spiro atoms. The fourth-order valence-electron chi connectivity index (χ4n) is 3.31. The summed E-state index contributed by atoms with van der Waals surface area (Å²) in [6.07, 6.45) is 11.2. The Morgan fingerprint density at radius 3 is 2.78 bits per heavy atom. The van der Waals surface area contributed by atoms with Crippen LogP contribution in [0.3, 0.4) is 0 Å². The van der Waals surface area contributed by atoms with E-state index in [-0.39, 0.29) is 0 Å². The highest BCUT2D eigenvalue weighted by Gasteiger charge is 2.21. The average Bonchev–Trinajstić information content (AvgIpc) is 2.56. The van der Waals surface area contributed by atoms with Crippen LogP contribution in [-0.4, -0.2) is 32.7 Å². The highest BCUT2D eigenvalue weighted by atomic mass is 16.3. The van der Waals surface area contributed by atoms with Crippen LogP contribution in [0, 0.1) is 12.8 Å². The largest absolute Gasteiger partial charge is 0.396 e. The van der Waals surface area contributed by atoms with Gasteiger partial charge in [0.25, 0.3) is 0 Å². The molecule has 1 aliphatic rings. The predicted octanol–water partition coefficient (Wildman–Crippen LogP) is 3.20. The van der Waals surface area contributed by atoms with Crippen molar-refractivity contribution in [1.29, 1.82) is 0 Å². The lowest BCUT2D eigenvalue weighted by Crippen LogP contribution is -2.28. The number of aliphatic hydroxyl groups is 1. The van der Waals surface area contributed by atoms with Crippen molar-refractivity contribution < 1.29 is 5.11 Å². The van der Waals surface area contributed by atoms with Gasteiger partial charge < -0.3 is 10.4 Å². The van der Waals surface area contributed by atoms with E-state index in [9.17, 15) is 0 Å². The highest BCUT2D eigenvalue weighted by Crippen LogP contribution is 2.29. The molecule has 5 heteroatoms. The third-order valence-electron chi connectivity index (χ3n) is 4.55. The maximum atomic E-state index is 9.13. The van der Waals surface area contributed by atoms with Gasteiger partial charge in [-0.05, 0) is 49.8 Å². The summed E-state index contributed by atoms with van der Waals surface area (Å²) in [6, 6.07) is 4.48. The van der Waals surface area contributed by atoms with E-state index in [0.717, 1.165) is 35.6 Å². The number of anilines is 1. The van der Waals surface area contributed by atoms with Crippen LogP contribution in [0.2, 0.25) is 0 Å². The van der Waals surface area contributed by atoms with Gasteiger partial charge in [-0.3, -0.25) is 0 Å². The molecule has 23 heavy (non-hydrogen) atoms. The molecule has 2 aromatic heterocycles. The number of aryl methyl sites for hydroxylation is 1. The molecule has 1 fully saturated rings. The molecule has 1 saturated carbocycles. The van der Waals surface area contributed by atoms with Crippen molar-refractivity contribution in [3.63, 3.8) is 0 Å². The topological polar surface area (TPSA) is 70.9 Å². The van der Waals surface area contributed by atoms with Gasteiger partial charge in [0.2, 0.25) is 0 Å². The summed E-state index contributed by atoms with van der Waals surface area (Å²) in [5.41, 5.74) is 2.08. The molecular weight excluding hydrogens is 288 g/mol. The smallest absolute Gasteiger partial charge is 0.126 e. The van der Waals surface area contributed by atoms with E-state index in [4.69, 9.17) is 5.11 Å². The summed E-state index contributed by atoms with van der Waals surface area (Å²) in [5.74, 6) is 2.30. The minimum absolute atomic E-state index is 0.290. The van der Waals surface area contributed by atoms with Gasteiger partial charge in [0, 0.05) is 36.8 Å². The lowest BCUT2D eigenvalue weighted by molar-refractivity contribution is 0.224. The number of rotatable bonds is 5. The second-order valence-electron chi connectivity index (χ2n) is 6.33. The Labute approximate surface area is 137 Å². The van der Waals surface area contributed by atoms with Crippen LogP contribution in [0.5, 0.6) is 0 Å². The second kappa shape index (κ2) is 7.51. The van der Waals surface area contributed by atoms with Gasteiger partial charge in [-0.25, -0.2) is 15.0 Å². The lowest BCUT2D eigenvalue weighted by atomic mass is 9.84. The van der Waals surface area contributed by atoms with Crippen LogP contribution in [0.1, 0.15) is 37.9 Å². The molecule has 2 atom stereocenters. The monoisotopic (exact) mass is 312 g/mol. The lowest BCUT2D eigenvalue weighted by Gasteiger charge is -2.29. The van der Waals surface area contributed by atoms with E-state index >= 15 is 0 Å². The van der Waals surface area contributed by atoms with Gasteiger partial charge in [-0.2, -0.15) is 0 Å². The normalized spacial score (nSPS) is 21.1. The molecule has 1 aliphatic carbocycles. The second-order valence-corrected chi connectivity index (χ2v) is 6.33. The van der Waals surface area contributed by atoms with Crippen molar-refractivity contribution >= 4 is 5.82 Å². The van der Waals surface area contributed by atoms with Crippen LogP contribution in [0.15, 0.2) is 30.7 Å². The van der Waals surface area contributed by atoms with Crippen molar-refractivity contribution in [2.75, 3.05) is 11.9 Å². The summed E-state index contributed by atoms with van der Waals surface area (Å²) in [4.78, 5) is 13.0.